The van der Waals surface area contributed by atoms with Crippen molar-refractivity contribution in [3.8, 4) is 0 Å². The van der Waals surface area contributed by atoms with E-state index in [0.717, 1.165) is 13.2 Å². The van der Waals surface area contributed by atoms with Crippen LogP contribution < -0.4 is 0 Å². The minimum absolute atomic E-state index is 0.344. The molecule has 1 aromatic carbocycles. The second-order valence-corrected chi connectivity index (χ2v) is 6.29. The fourth-order valence-corrected chi connectivity index (χ4v) is 4.34. The summed E-state index contributed by atoms with van der Waals surface area (Å²) in [7, 11) is 0. The Labute approximate surface area is 111 Å². The lowest BCUT2D eigenvalue weighted by molar-refractivity contribution is -0.0171. The third-order valence-corrected chi connectivity index (χ3v) is 5.48. The molecular formula is C17H24O. The molecule has 0 aromatic heterocycles. The maximum absolute atomic E-state index is 5.87. The van der Waals surface area contributed by atoms with Crippen LogP contribution in [-0.4, -0.2) is 13.2 Å². The smallest absolute Gasteiger partial charge is 0.0533 e. The average molecular weight is 244 g/mol. The molecule has 3 rings (SSSR count). The van der Waals surface area contributed by atoms with E-state index < -0.39 is 0 Å². The summed E-state index contributed by atoms with van der Waals surface area (Å²) in [5, 5.41) is 0. The van der Waals surface area contributed by atoms with Gasteiger partial charge < -0.3 is 4.74 Å². The molecule has 0 N–H and O–H groups in total. The van der Waals surface area contributed by atoms with Crippen molar-refractivity contribution in [1.29, 1.82) is 0 Å². The average Bonchev–Trinajstić information content (AvgIpc) is 2.66. The van der Waals surface area contributed by atoms with E-state index in [-0.39, 0.29) is 0 Å². The second kappa shape index (κ2) is 4.38. The molecule has 0 heterocycles. The van der Waals surface area contributed by atoms with Gasteiger partial charge in [-0.05, 0) is 37.3 Å². The van der Waals surface area contributed by atoms with Gasteiger partial charge in [0.15, 0.2) is 0 Å². The van der Waals surface area contributed by atoms with Crippen LogP contribution in [0.25, 0.3) is 0 Å². The van der Waals surface area contributed by atoms with Crippen LogP contribution in [0.15, 0.2) is 24.3 Å². The molecule has 0 bridgehead atoms. The molecular weight excluding hydrogens is 220 g/mol. The number of fused-ring (bicyclic) bond motifs is 3. The lowest BCUT2D eigenvalue weighted by Gasteiger charge is -2.48. The van der Waals surface area contributed by atoms with E-state index in [1.54, 1.807) is 11.1 Å². The van der Waals surface area contributed by atoms with Gasteiger partial charge in [0.25, 0.3) is 0 Å². The lowest BCUT2D eigenvalue weighted by Crippen LogP contribution is -2.46. The summed E-state index contributed by atoms with van der Waals surface area (Å²) in [6.07, 6.45) is 6.63. The van der Waals surface area contributed by atoms with Crippen LogP contribution in [0.3, 0.4) is 0 Å². The molecule has 1 heteroatoms. The fourth-order valence-electron chi connectivity index (χ4n) is 4.34. The summed E-state index contributed by atoms with van der Waals surface area (Å²) >= 11 is 0. The van der Waals surface area contributed by atoms with Crippen LogP contribution in [0.4, 0.5) is 0 Å². The largest absolute Gasteiger partial charge is 0.381 e. The van der Waals surface area contributed by atoms with E-state index in [9.17, 15) is 0 Å². The predicted octanol–water partition coefficient (Wildman–Crippen LogP) is 4.10. The van der Waals surface area contributed by atoms with E-state index in [4.69, 9.17) is 4.74 Å². The maximum atomic E-state index is 5.87. The zero-order chi connectivity index (χ0) is 12.6. The van der Waals surface area contributed by atoms with Crippen LogP contribution in [0.1, 0.15) is 50.7 Å². The highest BCUT2D eigenvalue weighted by atomic mass is 16.5. The molecule has 0 amide bonds. The quantitative estimate of drug-likeness (QED) is 0.778. The number of rotatable bonds is 3. The summed E-state index contributed by atoms with van der Waals surface area (Å²) in [5.41, 5.74) is 3.88. The summed E-state index contributed by atoms with van der Waals surface area (Å²) in [5.74, 6) is 0. The van der Waals surface area contributed by atoms with E-state index >= 15 is 0 Å². The summed E-state index contributed by atoms with van der Waals surface area (Å²) in [4.78, 5) is 0. The minimum atomic E-state index is 0.344. The highest BCUT2D eigenvalue weighted by Gasteiger charge is 2.55. The zero-order valence-electron chi connectivity index (χ0n) is 11.7. The van der Waals surface area contributed by atoms with Crippen LogP contribution in [-0.2, 0) is 16.6 Å². The van der Waals surface area contributed by atoms with Gasteiger partial charge in [-0.15, -0.1) is 0 Å². The van der Waals surface area contributed by atoms with Crippen molar-refractivity contribution in [3.05, 3.63) is 35.4 Å². The van der Waals surface area contributed by atoms with E-state index in [2.05, 4.69) is 38.1 Å². The Morgan fingerprint density at radius 2 is 1.94 bits per heavy atom. The van der Waals surface area contributed by atoms with Gasteiger partial charge in [0.05, 0.1) is 6.61 Å². The first kappa shape index (κ1) is 12.2. The van der Waals surface area contributed by atoms with Crippen molar-refractivity contribution < 1.29 is 4.74 Å². The van der Waals surface area contributed by atoms with Crippen molar-refractivity contribution in [1.82, 2.24) is 0 Å². The molecule has 2 aliphatic carbocycles. The molecule has 0 saturated heterocycles. The molecule has 0 aliphatic heterocycles. The molecule has 2 atom stereocenters. The molecule has 0 unspecified atom stereocenters. The standard InChI is InChI=1S/C17H24O/c1-3-18-13-17-11-7-6-10-16(17,2)15-9-5-4-8-14(15)12-17/h4-5,8-9H,3,6-7,10-13H2,1-2H3/t16-,17+/m0/s1. The van der Waals surface area contributed by atoms with Crippen LogP contribution in [0.2, 0.25) is 0 Å². The van der Waals surface area contributed by atoms with E-state index in [1.165, 1.54) is 32.1 Å². The van der Waals surface area contributed by atoms with Crippen LogP contribution >= 0.6 is 0 Å². The molecule has 18 heavy (non-hydrogen) atoms. The van der Waals surface area contributed by atoms with Gasteiger partial charge in [0.1, 0.15) is 0 Å². The number of benzene rings is 1. The van der Waals surface area contributed by atoms with Gasteiger partial charge in [-0.3, -0.25) is 0 Å². The molecule has 2 aliphatic rings. The number of ether oxygens (including phenoxy) is 1. The van der Waals surface area contributed by atoms with Gasteiger partial charge in [0.2, 0.25) is 0 Å². The zero-order valence-corrected chi connectivity index (χ0v) is 11.7. The Morgan fingerprint density at radius 1 is 1.17 bits per heavy atom. The van der Waals surface area contributed by atoms with Crippen molar-refractivity contribution in [2.75, 3.05) is 13.2 Å². The molecule has 1 nitrogen and oxygen atoms in total. The number of hydrogen-bond donors (Lipinski definition) is 0. The molecule has 1 saturated carbocycles. The van der Waals surface area contributed by atoms with Crippen molar-refractivity contribution in [3.63, 3.8) is 0 Å². The first-order valence-electron chi connectivity index (χ1n) is 7.38. The van der Waals surface area contributed by atoms with Crippen molar-refractivity contribution in [2.45, 2.75) is 51.4 Å². The first-order chi connectivity index (χ1) is 8.72. The molecule has 98 valence electrons. The predicted molar refractivity (Wildman–Crippen MR) is 74.9 cm³/mol. The molecule has 1 aromatic rings. The Bertz CT molecular complexity index is 439. The van der Waals surface area contributed by atoms with E-state index in [0.29, 0.717) is 10.8 Å². The summed E-state index contributed by atoms with van der Waals surface area (Å²) in [6.45, 7) is 6.37. The van der Waals surface area contributed by atoms with Crippen LogP contribution in [0.5, 0.6) is 0 Å². The Morgan fingerprint density at radius 3 is 2.78 bits per heavy atom. The Hall–Kier alpha value is -0.820. The minimum Gasteiger partial charge on any atom is -0.381 e. The highest BCUT2D eigenvalue weighted by molar-refractivity contribution is 5.43. The SMILES string of the molecule is CCOC[C@]12CCCC[C@@]1(C)c1ccccc1C2. The normalized spacial score (nSPS) is 34.1. The third kappa shape index (κ3) is 1.56. The van der Waals surface area contributed by atoms with Gasteiger partial charge in [-0.25, -0.2) is 0 Å². The van der Waals surface area contributed by atoms with Crippen molar-refractivity contribution >= 4 is 0 Å². The third-order valence-electron chi connectivity index (χ3n) is 5.48. The van der Waals surface area contributed by atoms with Gasteiger partial charge >= 0.3 is 0 Å². The Kier molecular flexibility index (Phi) is 2.97. The topological polar surface area (TPSA) is 9.23 Å². The second-order valence-electron chi connectivity index (χ2n) is 6.29. The molecule has 0 spiro atoms. The monoisotopic (exact) mass is 244 g/mol. The fraction of sp³-hybridized carbons (Fsp3) is 0.647. The van der Waals surface area contributed by atoms with Gasteiger partial charge in [0, 0.05) is 17.4 Å². The molecule has 1 fully saturated rings. The summed E-state index contributed by atoms with van der Waals surface area (Å²) in [6, 6.07) is 9.07. The van der Waals surface area contributed by atoms with Gasteiger partial charge in [-0.2, -0.15) is 0 Å². The number of hydrogen-bond acceptors (Lipinski definition) is 1. The highest BCUT2D eigenvalue weighted by Crippen LogP contribution is 2.59. The molecule has 0 radical (unpaired) electrons. The van der Waals surface area contributed by atoms with Gasteiger partial charge in [-0.1, -0.05) is 44.0 Å². The first-order valence-corrected chi connectivity index (χ1v) is 7.38. The summed E-state index contributed by atoms with van der Waals surface area (Å²) < 4.78 is 5.87. The maximum Gasteiger partial charge on any atom is 0.0533 e. The van der Waals surface area contributed by atoms with Crippen LogP contribution in [0, 0.1) is 5.41 Å². The van der Waals surface area contributed by atoms with E-state index in [1.807, 2.05) is 0 Å². The lowest BCUT2D eigenvalue weighted by atomic mass is 9.57. The Balaban J connectivity index is 2.03. The van der Waals surface area contributed by atoms with Crippen molar-refractivity contribution in [2.24, 2.45) is 5.41 Å².